The van der Waals surface area contributed by atoms with Gasteiger partial charge >= 0.3 is 6.09 Å². The lowest BCUT2D eigenvalue weighted by Crippen LogP contribution is -2.54. The van der Waals surface area contributed by atoms with E-state index in [2.05, 4.69) is 15.6 Å². The molecule has 0 aliphatic carbocycles. The van der Waals surface area contributed by atoms with Crippen molar-refractivity contribution in [2.75, 3.05) is 26.3 Å². The number of amides is 2. The average molecular weight is 419 g/mol. The predicted molar refractivity (Wildman–Crippen MR) is 106 cm³/mol. The highest BCUT2D eigenvalue weighted by atomic mass is 19.1. The van der Waals surface area contributed by atoms with E-state index in [1.165, 1.54) is 16.8 Å². The number of hydrogen-bond donors (Lipinski definition) is 1. The quantitative estimate of drug-likeness (QED) is 0.815. The fraction of sp³-hybridized carbons (Fsp3) is 0.500. The minimum absolute atomic E-state index is 0.153. The van der Waals surface area contributed by atoms with E-state index in [1.807, 2.05) is 0 Å². The third kappa shape index (κ3) is 5.12. The van der Waals surface area contributed by atoms with Crippen LogP contribution in [-0.4, -0.2) is 69.8 Å². The summed E-state index contributed by atoms with van der Waals surface area (Å²) in [6, 6.07) is 5.37. The normalized spacial score (nSPS) is 17.0. The molecule has 2 amide bonds. The SMILES string of the molecule is Cc1c(C(=O)NC[C@H]2COCCN2C(=O)OC(C)(C)C)nnn1-c1ccc(F)cc1. The first-order valence-corrected chi connectivity index (χ1v) is 9.69. The maximum atomic E-state index is 13.1. The van der Waals surface area contributed by atoms with Crippen LogP contribution in [0.15, 0.2) is 24.3 Å². The molecule has 1 saturated heterocycles. The lowest BCUT2D eigenvalue weighted by atomic mass is 10.2. The lowest BCUT2D eigenvalue weighted by Gasteiger charge is -2.36. The number of nitrogens with one attached hydrogen (secondary N) is 1. The summed E-state index contributed by atoms with van der Waals surface area (Å²) in [7, 11) is 0. The molecule has 0 bridgehead atoms. The molecule has 0 spiro atoms. The minimum Gasteiger partial charge on any atom is -0.444 e. The third-order valence-corrected chi connectivity index (χ3v) is 4.53. The number of morpholine rings is 1. The molecule has 2 heterocycles. The third-order valence-electron chi connectivity index (χ3n) is 4.53. The van der Waals surface area contributed by atoms with Crippen molar-refractivity contribution < 1.29 is 23.5 Å². The van der Waals surface area contributed by atoms with Crippen LogP contribution in [0.5, 0.6) is 0 Å². The van der Waals surface area contributed by atoms with Gasteiger partial charge in [-0.15, -0.1) is 5.10 Å². The number of rotatable bonds is 4. The number of aromatic nitrogens is 3. The first-order chi connectivity index (χ1) is 14.2. The molecule has 0 radical (unpaired) electrons. The highest BCUT2D eigenvalue weighted by Crippen LogP contribution is 2.15. The first kappa shape index (κ1) is 21.7. The van der Waals surface area contributed by atoms with E-state index in [0.29, 0.717) is 31.1 Å². The topological polar surface area (TPSA) is 98.6 Å². The Kier molecular flexibility index (Phi) is 6.35. The Balaban J connectivity index is 1.66. The van der Waals surface area contributed by atoms with Gasteiger partial charge in [0.15, 0.2) is 5.69 Å². The van der Waals surface area contributed by atoms with Crippen LogP contribution in [0.1, 0.15) is 37.0 Å². The van der Waals surface area contributed by atoms with Crippen LogP contribution in [0.4, 0.5) is 9.18 Å². The summed E-state index contributed by atoms with van der Waals surface area (Å²) in [5.74, 6) is -0.783. The molecule has 1 fully saturated rings. The van der Waals surface area contributed by atoms with Gasteiger partial charge in [-0.05, 0) is 52.0 Å². The van der Waals surface area contributed by atoms with Crippen molar-refractivity contribution in [2.45, 2.75) is 39.3 Å². The van der Waals surface area contributed by atoms with E-state index in [0.717, 1.165) is 0 Å². The molecular formula is C20H26FN5O4. The monoisotopic (exact) mass is 419 g/mol. The van der Waals surface area contributed by atoms with Crippen LogP contribution in [0.2, 0.25) is 0 Å². The number of nitrogens with zero attached hydrogens (tertiary/aromatic N) is 4. The highest BCUT2D eigenvalue weighted by Gasteiger charge is 2.31. The lowest BCUT2D eigenvalue weighted by molar-refractivity contribution is -0.0314. The van der Waals surface area contributed by atoms with Gasteiger partial charge in [-0.3, -0.25) is 9.69 Å². The van der Waals surface area contributed by atoms with Crippen LogP contribution < -0.4 is 5.32 Å². The van der Waals surface area contributed by atoms with Crippen molar-refractivity contribution in [3.05, 3.63) is 41.5 Å². The van der Waals surface area contributed by atoms with E-state index < -0.39 is 17.6 Å². The molecule has 30 heavy (non-hydrogen) atoms. The Morgan fingerprint density at radius 2 is 2.00 bits per heavy atom. The van der Waals surface area contributed by atoms with Crippen molar-refractivity contribution in [2.24, 2.45) is 0 Å². The van der Waals surface area contributed by atoms with Crippen LogP contribution in [-0.2, 0) is 9.47 Å². The van der Waals surface area contributed by atoms with Crippen molar-refractivity contribution >= 4 is 12.0 Å². The van der Waals surface area contributed by atoms with E-state index in [-0.39, 0.29) is 24.1 Å². The second-order valence-corrected chi connectivity index (χ2v) is 8.02. The zero-order chi connectivity index (χ0) is 21.9. The molecule has 0 saturated carbocycles. The number of carbonyl (C=O) groups is 2. The van der Waals surface area contributed by atoms with E-state index in [1.54, 1.807) is 44.7 Å². The molecule has 1 aliphatic rings. The molecule has 1 aromatic heterocycles. The largest absolute Gasteiger partial charge is 0.444 e. The molecule has 9 nitrogen and oxygen atoms in total. The molecule has 2 aromatic rings. The van der Waals surface area contributed by atoms with Crippen molar-refractivity contribution in [3.8, 4) is 5.69 Å². The summed E-state index contributed by atoms with van der Waals surface area (Å²) >= 11 is 0. The minimum atomic E-state index is -0.612. The number of carbonyl (C=O) groups excluding carboxylic acids is 2. The highest BCUT2D eigenvalue weighted by molar-refractivity contribution is 5.93. The Labute approximate surface area is 174 Å². The summed E-state index contributed by atoms with van der Waals surface area (Å²) in [5.41, 5.74) is 0.652. The van der Waals surface area contributed by atoms with Crippen LogP contribution >= 0.6 is 0 Å². The van der Waals surface area contributed by atoms with Gasteiger partial charge in [-0.1, -0.05) is 5.21 Å². The van der Waals surface area contributed by atoms with Crippen molar-refractivity contribution in [1.82, 2.24) is 25.2 Å². The summed E-state index contributed by atoms with van der Waals surface area (Å²) in [5, 5.41) is 10.7. The second-order valence-electron chi connectivity index (χ2n) is 8.02. The average Bonchev–Trinajstić information content (AvgIpc) is 3.07. The Morgan fingerprint density at radius 1 is 1.30 bits per heavy atom. The van der Waals surface area contributed by atoms with Crippen LogP contribution in [0.25, 0.3) is 5.69 Å². The fourth-order valence-electron chi connectivity index (χ4n) is 3.05. The summed E-state index contributed by atoms with van der Waals surface area (Å²) in [6.07, 6.45) is -0.441. The summed E-state index contributed by atoms with van der Waals surface area (Å²) in [4.78, 5) is 26.7. The maximum absolute atomic E-state index is 13.1. The van der Waals surface area contributed by atoms with E-state index in [4.69, 9.17) is 9.47 Å². The first-order valence-electron chi connectivity index (χ1n) is 9.69. The van der Waals surface area contributed by atoms with E-state index in [9.17, 15) is 14.0 Å². The molecule has 10 heteroatoms. The zero-order valence-corrected chi connectivity index (χ0v) is 17.5. The van der Waals surface area contributed by atoms with E-state index >= 15 is 0 Å². The van der Waals surface area contributed by atoms with Gasteiger partial charge in [-0.2, -0.15) is 0 Å². The number of benzene rings is 1. The van der Waals surface area contributed by atoms with Gasteiger partial charge in [0, 0.05) is 13.1 Å². The number of hydrogen-bond acceptors (Lipinski definition) is 6. The summed E-state index contributed by atoms with van der Waals surface area (Å²) < 4.78 is 25.5. The fourth-order valence-corrected chi connectivity index (χ4v) is 3.05. The standard InChI is InChI=1S/C20H26FN5O4/c1-13-17(23-24-26(13)15-7-5-14(21)6-8-15)18(27)22-11-16-12-29-10-9-25(16)19(28)30-20(2,3)4/h5-8,16H,9-12H2,1-4H3,(H,22,27)/t16-/m0/s1. The van der Waals surface area contributed by atoms with Gasteiger partial charge in [0.2, 0.25) is 0 Å². The molecule has 3 rings (SSSR count). The predicted octanol–water partition coefficient (Wildman–Crippen LogP) is 2.08. The van der Waals surface area contributed by atoms with Crippen molar-refractivity contribution in [1.29, 1.82) is 0 Å². The molecule has 1 N–H and O–H groups in total. The van der Waals surface area contributed by atoms with Gasteiger partial charge in [0.1, 0.15) is 11.4 Å². The second kappa shape index (κ2) is 8.78. The van der Waals surface area contributed by atoms with Crippen molar-refractivity contribution in [3.63, 3.8) is 0 Å². The Hall–Kier alpha value is -3.01. The smallest absolute Gasteiger partial charge is 0.410 e. The van der Waals surface area contributed by atoms with Crippen LogP contribution in [0.3, 0.4) is 0 Å². The molecular weight excluding hydrogens is 393 g/mol. The number of halogens is 1. The summed E-state index contributed by atoms with van der Waals surface area (Å²) in [6.45, 7) is 8.38. The molecule has 162 valence electrons. The van der Waals surface area contributed by atoms with Gasteiger partial charge in [0.25, 0.3) is 5.91 Å². The molecule has 1 aromatic carbocycles. The van der Waals surface area contributed by atoms with Gasteiger partial charge < -0.3 is 14.8 Å². The number of ether oxygens (including phenoxy) is 2. The van der Waals surface area contributed by atoms with Crippen LogP contribution in [0, 0.1) is 12.7 Å². The molecule has 0 unspecified atom stereocenters. The maximum Gasteiger partial charge on any atom is 0.410 e. The zero-order valence-electron chi connectivity index (χ0n) is 17.5. The Bertz CT molecular complexity index is 907. The molecule has 1 atom stereocenters. The Morgan fingerprint density at radius 3 is 2.67 bits per heavy atom. The molecule has 1 aliphatic heterocycles. The van der Waals surface area contributed by atoms with Gasteiger partial charge in [-0.25, -0.2) is 13.9 Å². The van der Waals surface area contributed by atoms with Gasteiger partial charge in [0.05, 0.1) is 30.6 Å².